The molecular weight excluding hydrogens is 356 g/mol. The average molecular weight is 368 g/mol. The third-order valence-corrected chi connectivity index (χ3v) is 5.09. The second-order valence-corrected chi connectivity index (χ2v) is 6.44. The molecule has 0 spiro atoms. The summed E-state index contributed by atoms with van der Waals surface area (Å²) < 4.78 is 3.84. The summed E-state index contributed by atoms with van der Waals surface area (Å²) in [5, 5.41) is 0.698. The number of aromatic amines is 1. The molecule has 1 N–H and O–H groups in total. The lowest BCUT2D eigenvalue weighted by Gasteiger charge is -2.10. The van der Waals surface area contributed by atoms with Gasteiger partial charge in [0.05, 0.1) is 11.0 Å². The number of benzene rings is 2. The minimum Gasteiger partial charge on any atom is -0.330 e. The van der Waals surface area contributed by atoms with Crippen molar-refractivity contribution in [2.24, 2.45) is 0 Å². The number of aryl methyl sites for hydroxylation is 2. The van der Waals surface area contributed by atoms with Crippen LogP contribution in [0.4, 0.5) is 0 Å². The third-order valence-electron chi connectivity index (χ3n) is 3.32. The second-order valence-electron chi connectivity index (χ2n) is 4.82. The van der Waals surface area contributed by atoms with Gasteiger partial charge in [-0.2, -0.15) is 0 Å². The van der Waals surface area contributed by atoms with E-state index < -0.39 is 0 Å². The van der Waals surface area contributed by atoms with Gasteiger partial charge in [0.15, 0.2) is 4.77 Å². The van der Waals surface area contributed by atoms with Gasteiger partial charge in [-0.1, -0.05) is 27.5 Å². The second kappa shape index (κ2) is 5.02. The fourth-order valence-electron chi connectivity index (χ4n) is 2.39. The Morgan fingerprint density at radius 3 is 2.45 bits per heavy atom. The lowest BCUT2D eigenvalue weighted by molar-refractivity contribution is 1.05. The zero-order valence-electron chi connectivity index (χ0n) is 11.0. The molecular formula is C15H12BrClN2S. The Morgan fingerprint density at radius 1 is 1.15 bits per heavy atom. The molecule has 20 heavy (non-hydrogen) atoms. The van der Waals surface area contributed by atoms with Gasteiger partial charge in [0.25, 0.3) is 0 Å². The Hall–Kier alpha value is -1.10. The molecule has 0 amide bonds. The number of H-pyrrole nitrogens is 1. The highest BCUT2D eigenvalue weighted by atomic mass is 79.9. The molecule has 2 nitrogen and oxygen atoms in total. The first-order valence-corrected chi connectivity index (χ1v) is 7.72. The average Bonchev–Trinajstić information content (AvgIpc) is 2.70. The summed E-state index contributed by atoms with van der Waals surface area (Å²) in [6.45, 7) is 4.16. The SMILES string of the molecule is Cc1cc(-n2c(=S)[nH]c3cc(Cl)ccc32)cc(C)c1Br. The van der Waals surface area contributed by atoms with Crippen LogP contribution in [-0.2, 0) is 0 Å². The first-order chi connectivity index (χ1) is 9.47. The highest BCUT2D eigenvalue weighted by Gasteiger charge is 2.09. The Balaban J connectivity index is 2.35. The van der Waals surface area contributed by atoms with E-state index in [4.69, 9.17) is 23.8 Å². The highest BCUT2D eigenvalue weighted by Crippen LogP contribution is 2.27. The van der Waals surface area contributed by atoms with E-state index in [2.05, 4.69) is 46.9 Å². The molecule has 3 aromatic rings. The molecule has 0 atom stereocenters. The van der Waals surface area contributed by atoms with Crippen molar-refractivity contribution in [1.29, 1.82) is 0 Å². The Labute approximate surface area is 135 Å². The summed E-state index contributed by atoms with van der Waals surface area (Å²) in [4.78, 5) is 3.20. The molecule has 3 rings (SSSR count). The molecule has 1 heterocycles. The van der Waals surface area contributed by atoms with Gasteiger partial charge < -0.3 is 4.98 Å². The maximum absolute atomic E-state index is 6.03. The molecule has 0 aliphatic heterocycles. The summed E-state index contributed by atoms with van der Waals surface area (Å²) in [5.74, 6) is 0. The van der Waals surface area contributed by atoms with E-state index in [1.807, 2.05) is 22.8 Å². The molecule has 0 fully saturated rings. The number of halogens is 2. The van der Waals surface area contributed by atoms with E-state index in [1.54, 1.807) is 0 Å². The number of hydrogen-bond donors (Lipinski definition) is 1. The van der Waals surface area contributed by atoms with Crippen molar-refractivity contribution in [3.63, 3.8) is 0 Å². The molecule has 0 saturated carbocycles. The monoisotopic (exact) mass is 366 g/mol. The number of rotatable bonds is 1. The van der Waals surface area contributed by atoms with Crippen molar-refractivity contribution in [3.8, 4) is 5.69 Å². The number of imidazole rings is 1. The van der Waals surface area contributed by atoms with Crippen molar-refractivity contribution in [2.75, 3.05) is 0 Å². The van der Waals surface area contributed by atoms with Crippen LogP contribution in [0.2, 0.25) is 5.02 Å². The maximum atomic E-state index is 6.03. The fourth-order valence-corrected chi connectivity index (χ4v) is 3.11. The van der Waals surface area contributed by atoms with Crippen LogP contribution < -0.4 is 0 Å². The van der Waals surface area contributed by atoms with Gasteiger partial charge in [-0.15, -0.1) is 0 Å². The summed E-state index contributed by atoms with van der Waals surface area (Å²) in [5.41, 5.74) is 5.40. The van der Waals surface area contributed by atoms with E-state index >= 15 is 0 Å². The van der Waals surface area contributed by atoms with Crippen LogP contribution in [0, 0.1) is 18.6 Å². The molecule has 0 saturated heterocycles. The van der Waals surface area contributed by atoms with Crippen molar-refractivity contribution in [2.45, 2.75) is 13.8 Å². The van der Waals surface area contributed by atoms with Crippen molar-refractivity contribution in [3.05, 3.63) is 55.7 Å². The van der Waals surface area contributed by atoms with Gasteiger partial charge in [-0.05, 0) is 67.5 Å². The number of aromatic nitrogens is 2. The Kier molecular flexibility index (Phi) is 3.48. The Morgan fingerprint density at radius 2 is 1.80 bits per heavy atom. The van der Waals surface area contributed by atoms with Gasteiger partial charge in [0.1, 0.15) is 0 Å². The van der Waals surface area contributed by atoms with E-state index in [-0.39, 0.29) is 0 Å². The quantitative estimate of drug-likeness (QED) is 0.545. The van der Waals surface area contributed by atoms with Crippen LogP contribution in [0.3, 0.4) is 0 Å². The predicted molar refractivity (Wildman–Crippen MR) is 90.6 cm³/mol. The molecule has 2 aromatic carbocycles. The largest absolute Gasteiger partial charge is 0.330 e. The zero-order chi connectivity index (χ0) is 14.4. The van der Waals surface area contributed by atoms with Crippen LogP contribution in [0.1, 0.15) is 11.1 Å². The van der Waals surface area contributed by atoms with Crippen molar-refractivity contribution in [1.82, 2.24) is 9.55 Å². The van der Waals surface area contributed by atoms with Crippen LogP contribution in [0.25, 0.3) is 16.7 Å². The minimum atomic E-state index is 0.670. The lowest BCUT2D eigenvalue weighted by atomic mass is 10.1. The normalized spacial score (nSPS) is 11.2. The van der Waals surface area contributed by atoms with Crippen molar-refractivity contribution < 1.29 is 0 Å². The highest BCUT2D eigenvalue weighted by molar-refractivity contribution is 9.10. The summed E-state index contributed by atoms with van der Waals surface area (Å²) in [6, 6.07) is 9.99. The van der Waals surface area contributed by atoms with Crippen LogP contribution in [0.15, 0.2) is 34.8 Å². The van der Waals surface area contributed by atoms with Crippen LogP contribution in [-0.4, -0.2) is 9.55 Å². The zero-order valence-corrected chi connectivity index (χ0v) is 14.2. The number of nitrogens with zero attached hydrogens (tertiary/aromatic N) is 1. The summed E-state index contributed by atoms with van der Waals surface area (Å²) in [6.07, 6.45) is 0. The first-order valence-electron chi connectivity index (χ1n) is 6.15. The van der Waals surface area contributed by atoms with E-state index in [0.717, 1.165) is 21.2 Å². The van der Waals surface area contributed by atoms with Crippen molar-refractivity contribution >= 4 is 50.8 Å². The number of nitrogens with one attached hydrogen (secondary N) is 1. The number of hydrogen-bond acceptors (Lipinski definition) is 1. The smallest absolute Gasteiger partial charge is 0.182 e. The predicted octanol–water partition coefficient (Wildman–Crippen LogP) is 5.72. The van der Waals surface area contributed by atoms with Gasteiger partial charge in [-0.25, -0.2) is 0 Å². The molecule has 0 aliphatic carbocycles. The summed E-state index contributed by atoms with van der Waals surface area (Å²) in [7, 11) is 0. The molecule has 102 valence electrons. The summed E-state index contributed by atoms with van der Waals surface area (Å²) >= 11 is 15.1. The van der Waals surface area contributed by atoms with E-state index in [9.17, 15) is 0 Å². The molecule has 1 aromatic heterocycles. The lowest BCUT2D eigenvalue weighted by Crippen LogP contribution is -1.96. The standard InChI is InChI=1S/C15H12BrClN2S/c1-8-5-11(6-9(2)14(8)16)19-13-4-3-10(17)7-12(13)18-15(19)20/h3-7H,1-2H3,(H,18,20). The topological polar surface area (TPSA) is 20.7 Å². The molecule has 0 unspecified atom stereocenters. The van der Waals surface area contributed by atoms with Gasteiger partial charge in [0, 0.05) is 15.2 Å². The van der Waals surface area contributed by atoms with Gasteiger partial charge in [-0.3, -0.25) is 4.57 Å². The molecule has 5 heteroatoms. The molecule has 0 aliphatic rings. The fraction of sp³-hybridized carbons (Fsp3) is 0.133. The molecule has 0 bridgehead atoms. The van der Waals surface area contributed by atoms with E-state index in [1.165, 1.54) is 11.1 Å². The van der Waals surface area contributed by atoms with Gasteiger partial charge in [0.2, 0.25) is 0 Å². The molecule has 0 radical (unpaired) electrons. The maximum Gasteiger partial charge on any atom is 0.182 e. The number of fused-ring (bicyclic) bond motifs is 1. The first kappa shape index (κ1) is 13.9. The van der Waals surface area contributed by atoms with E-state index in [0.29, 0.717) is 9.79 Å². The van der Waals surface area contributed by atoms with Crippen LogP contribution in [0.5, 0.6) is 0 Å². The van der Waals surface area contributed by atoms with Crippen LogP contribution >= 0.6 is 39.7 Å². The third kappa shape index (κ3) is 2.22. The van der Waals surface area contributed by atoms with Gasteiger partial charge >= 0.3 is 0 Å². The minimum absolute atomic E-state index is 0.670. The Bertz CT molecular complexity index is 856.